The molecule has 0 radical (unpaired) electrons. The first-order chi connectivity index (χ1) is 6.59. The lowest BCUT2D eigenvalue weighted by Crippen LogP contribution is -2.26. The van der Waals surface area contributed by atoms with Gasteiger partial charge >= 0.3 is 0 Å². The Morgan fingerprint density at radius 3 is 2.64 bits per heavy atom. The van der Waals surface area contributed by atoms with Crippen molar-refractivity contribution in [3.63, 3.8) is 0 Å². The van der Waals surface area contributed by atoms with E-state index >= 15 is 0 Å². The fourth-order valence-electron chi connectivity index (χ4n) is 1.63. The van der Waals surface area contributed by atoms with Crippen LogP contribution in [0.15, 0.2) is 6.20 Å². The van der Waals surface area contributed by atoms with Gasteiger partial charge in [0.25, 0.3) is 0 Å². The monoisotopic (exact) mass is 195 g/mol. The lowest BCUT2D eigenvalue weighted by Gasteiger charge is -2.15. The summed E-state index contributed by atoms with van der Waals surface area (Å²) in [5.74, 6) is 0.753. The number of aromatic nitrogens is 2. The summed E-state index contributed by atoms with van der Waals surface area (Å²) in [6.45, 7) is 9.70. The molecule has 14 heavy (non-hydrogen) atoms. The first-order valence-corrected chi connectivity index (χ1v) is 5.31. The molecule has 1 aromatic heterocycles. The molecule has 1 atom stereocenters. The van der Waals surface area contributed by atoms with Gasteiger partial charge in [0.1, 0.15) is 0 Å². The molecule has 0 fully saturated rings. The Balaban J connectivity index is 2.30. The summed E-state index contributed by atoms with van der Waals surface area (Å²) in [6, 6.07) is 0.573. The van der Waals surface area contributed by atoms with Crippen LogP contribution >= 0.6 is 0 Å². The molecule has 0 amide bonds. The molecule has 1 rings (SSSR count). The maximum absolute atomic E-state index is 4.00. The number of aryl methyl sites for hydroxylation is 1. The number of hydrogen-bond acceptors (Lipinski definition) is 2. The molecule has 0 aliphatic heterocycles. The van der Waals surface area contributed by atoms with E-state index in [1.165, 1.54) is 12.0 Å². The summed E-state index contributed by atoms with van der Waals surface area (Å²) < 4.78 is 0. The lowest BCUT2D eigenvalue weighted by atomic mass is 10.1. The third-order valence-electron chi connectivity index (χ3n) is 2.40. The van der Waals surface area contributed by atoms with Crippen LogP contribution in [-0.2, 0) is 6.54 Å². The number of nitrogens with zero attached hydrogens (tertiary/aromatic N) is 1. The molecular weight excluding hydrogens is 174 g/mol. The Morgan fingerprint density at radius 2 is 2.14 bits per heavy atom. The van der Waals surface area contributed by atoms with Gasteiger partial charge in [-0.3, -0.25) is 5.10 Å². The largest absolute Gasteiger partial charge is 0.310 e. The topological polar surface area (TPSA) is 40.7 Å². The number of aromatic amines is 1. The van der Waals surface area contributed by atoms with Crippen LogP contribution in [0.25, 0.3) is 0 Å². The summed E-state index contributed by atoms with van der Waals surface area (Å²) in [7, 11) is 0. The van der Waals surface area contributed by atoms with Crippen LogP contribution in [0.4, 0.5) is 0 Å². The Morgan fingerprint density at radius 1 is 1.43 bits per heavy atom. The molecule has 0 spiro atoms. The van der Waals surface area contributed by atoms with E-state index in [2.05, 4.69) is 43.2 Å². The molecular formula is C11H21N3. The molecule has 0 aromatic carbocycles. The first-order valence-electron chi connectivity index (χ1n) is 5.31. The van der Waals surface area contributed by atoms with E-state index in [1.807, 2.05) is 6.20 Å². The van der Waals surface area contributed by atoms with Crippen LogP contribution in [0.3, 0.4) is 0 Å². The van der Waals surface area contributed by atoms with Crippen LogP contribution in [0, 0.1) is 12.8 Å². The van der Waals surface area contributed by atoms with Crippen molar-refractivity contribution in [1.82, 2.24) is 15.5 Å². The van der Waals surface area contributed by atoms with Crippen LogP contribution in [0.5, 0.6) is 0 Å². The van der Waals surface area contributed by atoms with Gasteiger partial charge in [0, 0.05) is 23.8 Å². The van der Waals surface area contributed by atoms with Gasteiger partial charge in [0.2, 0.25) is 0 Å². The van der Waals surface area contributed by atoms with Crippen molar-refractivity contribution in [3.8, 4) is 0 Å². The molecule has 1 aromatic rings. The number of rotatable bonds is 5. The van der Waals surface area contributed by atoms with E-state index in [0.29, 0.717) is 6.04 Å². The van der Waals surface area contributed by atoms with E-state index in [4.69, 9.17) is 0 Å². The van der Waals surface area contributed by atoms with Crippen molar-refractivity contribution in [2.45, 2.75) is 46.7 Å². The van der Waals surface area contributed by atoms with E-state index in [9.17, 15) is 0 Å². The Bertz CT molecular complexity index is 265. The third kappa shape index (κ3) is 3.50. The molecule has 1 unspecified atom stereocenters. The minimum Gasteiger partial charge on any atom is -0.310 e. The predicted octanol–water partition coefficient (Wildman–Crippen LogP) is 2.24. The van der Waals surface area contributed by atoms with E-state index in [0.717, 1.165) is 18.2 Å². The summed E-state index contributed by atoms with van der Waals surface area (Å²) in [6.07, 6.45) is 3.11. The van der Waals surface area contributed by atoms with E-state index in [1.54, 1.807) is 0 Å². The maximum Gasteiger partial charge on any atom is 0.0535 e. The summed E-state index contributed by atoms with van der Waals surface area (Å²) >= 11 is 0. The summed E-state index contributed by atoms with van der Waals surface area (Å²) in [5, 5.41) is 10.4. The van der Waals surface area contributed by atoms with Crippen molar-refractivity contribution in [1.29, 1.82) is 0 Å². The second-order valence-electron chi connectivity index (χ2n) is 4.43. The van der Waals surface area contributed by atoms with Gasteiger partial charge in [-0.2, -0.15) is 5.10 Å². The second kappa shape index (κ2) is 5.15. The zero-order chi connectivity index (χ0) is 10.6. The SMILES string of the molecule is Cc1[nH]ncc1CNC(C)CC(C)C. The minimum absolute atomic E-state index is 0.573. The summed E-state index contributed by atoms with van der Waals surface area (Å²) in [4.78, 5) is 0. The number of H-pyrrole nitrogens is 1. The molecule has 0 aliphatic rings. The highest BCUT2D eigenvalue weighted by atomic mass is 15.1. The Hall–Kier alpha value is -0.830. The average molecular weight is 195 g/mol. The smallest absolute Gasteiger partial charge is 0.0535 e. The standard InChI is InChI=1S/C11H21N3/c1-8(2)5-9(3)12-6-11-7-13-14-10(11)4/h7-9,12H,5-6H2,1-4H3,(H,13,14). The van der Waals surface area contributed by atoms with Crippen molar-refractivity contribution in [2.75, 3.05) is 0 Å². The van der Waals surface area contributed by atoms with Crippen molar-refractivity contribution in [3.05, 3.63) is 17.5 Å². The Kier molecular flexibility index (Phi) is 4.14. The van der Waals surface area contributed by atoms with E-state index in [-0.39, 0.29) is 0 Å². The number of hydrogen-bond donors (Lipinski definition) is 2. The van der Waals surface area contributed by atoms with Gasteiger partial charge in [0.05, 0.1) is 6.20 Å². The highest BCUT2D eigenvalue weighted by molar-refractivity contribution is 5.13. The quantitative estimate of drug-likeness (QED) is 0.756. The molecule has 80 valence electrons. The van der Waals surface area contributed by atoms with Gasteiger partial charge in [-0.15, -0.1) is 0 Å². The fraction of sp³-hybridized carbons (Fsp3) is 0.727. The lowest BCUT2D eigenvalue weighted by molar-refractivity contribution is 0.441. The molecule has 2 N–H and O–H groups in total. The van der Waals surface area contributed by atoms with Gasteiger partial charge in [-0.05, 0) is 26.2 Å². The highest BCUT2D eigenvalue weighted by Gasteiger charge is 2.05. The van der Waals surface area contributed by atoms with Gasteiger partial charge in [-0.25, -0.2) is 0 Å². The normalized spacial score (nSPS) is 13.5. The molecule has 1 heterocycles. The second-order valence-corrected chi connectivity index (χ2v) is 4.43. The van der Waals surface area contributed by atoms with Gasteiger partial charge < -0.3 is 5.32 Å². The predicted molar refractivity (Wildman–Crippen MR) is 59.1 cm³/mol. The van der Waals surface area contributed by atoms with Crippen LogP contribution in [0.1, 0.15) is 38.4 Å². The average Bonchev–Trinajstić information content (AvgIpc) is 2.46. The maximum atomic E-state index is 4.00. The summed E-state index contributed by atoms with van der Waals surface area (Å²) in [5.41, 5.74) is 2.43. The third-order valence-corrected chi connectivity index (χ3v) is 2.40. The number of nitrogens with one attached hydrogen (secondary N) is 2. The van der Waals surface area contributed by atoms with Crippen molar-refractivity contribution >= 4 is 0 Å². The van der Waals surface area contributed by atoms with E-state index < -0.39 is 0 Å². The fourth-order valence-corrected chi connectivity index (χ4v) is 1.63. The van der Waals surface area contributed by atoms with Crippen LogP contribution < -0.4 is 5.32 Å². The van der Waals surface area contributed by atoms with Gasteiger partial charge in [0.15, 0.2) is 0 Å². The van der Waals surface area contributed by atoms with Crippen LogP contribution in [0.2, 0.25) is 0 Å². The zero-order valence-corrected chi connectivity index (χ0v) is 9.59. The molecule has 0 bridgehead atoms. The first kappa shape index (κ1) is 11.2. The molecule has 3 nitrogen and oxygen atoms in total. The van der Waals surface area contributed by atoms with Crippen molar-refractivity contribution in [2.24, 2.45) is 5.92 Å². The van der Waals surface area contributed by atoms with Crippen molar-refractivity contribution < 1.29 is 0 Å². The molecule has 0 saturated heterocycles. The molecule has 3 heteroatoms. The Labute approximate surface area is 86.3 Å². The molecule has 0 saturated carbocycles. The molecule has 0 aliphatic carbocycles. The van der Waals surface area contributed by atoms with Gasteiger partial charge in [-0.1, -0.05) is 13.8 Å². The van der Waals surface area contributed by atoms with Crippen LogP contribution in [-0.4, -0.2) is 16.2 Å². The minimum atomic E-state index is 0.573. The highest BCUT2D eigenvalue weighted by Crippen LogP contribution is 2.06. The zero-order valence-electron chi connectivity index (χ0n) is 9.59.